The summed E-state index contributed by atoms with van der Waals surface area (Å²) in [5.74, 6) is -0.00602. The third-order valence-corrected chi connectivity index (χ3v) is 8.56. The zero-order valence-corrected chi connectivity index (χ0v) is 22.0. The van der Waals surface area contributed by atoms with Crippen LogP contribution in [0.15, 0.2) is 123 Å². The molecule has 0 bridgehead atoms. The maximum atomic E-state index is 13.6. The first-order chi connectivity index (χ1) is 18.2. The molecule has 6 heteroatoms. The van der Waals surface area contributed by atoms with Crippen molar-refractivity contribution in [2.24, 2.45) is 4.99 Å². The number of nitrogens with zero attached hydrogens (tertiary/aromatic N) is 3. The fourth-order valence-corrected chi connectivity index (χ4v) is 6.65. The Labute approximate surface area is 225 Å². The van der Waals surface area contributed by atoms with E-state index in [0.717, 1.165) is 21.9 Å². The van der Waals surface area contributed by atoms with Crippen molar-refractivity contribution in [3.05, 3.63) is 125 Å². The second kappa shape index (κ2) is 10.3. The summed E-state index contributed by atoms with van der Waals surface area (Å²) in [7, 11) is 2.10. The van der Waals surface area contributed by atoms with Gasteiger partial charge in [-0.05, 0) is 58.8 Å². The van der Waals surface area contributed by atoms with E-state index >= 15 is 0 Å². The molecule has 0 atom stereocenters. The Bertz CT molecular complexity index is 1520. The normalized spacial score (nSPS) is 16.8. The Morgan fingerprint density at radius 3 is 2.22 bits per heavy atom. The summed E-state index contributed by atoms with van der Waals surface area (Å²) in [4.78, 5) is 25.6. The molecule has 0 radical (unpaired) electrons. The maximum Gasteiger partial charge on any atom is 0.267 e. The van der Waals surface area contributed by atoms with Crippen LogP contribution in [0.4, 0.5) is 11.4 Å². The van der Waals surface area contributed by atoms with Gasteiger partial charge in [0.15, 0.2) is 5.17 Å². The van der Waals surface area contributed by atoms with Crippen molar-refractivity contribution in [1.29, 1.82) is 0 Å². The lowest BCUT2D eigenvalue weighted by molar-refractivity contribution is -0.122. The number of amides is 1. The van der Waals surface area contributed by atoms with E-state index < -0.39 is 0 Å². The zero-order valence-electron chi connectivity index (χ0n) is 20.4. The van der Waals surface area contributed by atoms with Gasteiger partial charge in [-0.3, -0.25) is 14.7 Å². The summed E-state index contributed by atoms with van der Waals surface area (Å²) in [6.45, 7) is 1.04. The summed E-state index contributed by atoms with van der Waals surface area (Å²) in [5.41, 5.74) is 5.60. The molecule has 37 heavy (non-hydrogen) atoms. The van der Waals surface area contributed by atoms with E-state index in [1.165, 1.54) is 32.9 Å². The molecule has 1 amide bonds. The van der Waals surface area contributed by atoms with Crippen molar-refractivity contribution in [1.82, 2.24) is 4.90 Å². The molecule has 0 aliphatic carbocycles. The number of hydrogen-bond donors (Lipinski definition) is 0. The molecule has 0 N–H and O–H groups in total. The average molecular weight is 520 g/mol. The number of thioether (sulfide) groups is 1. The van der Waals surface area contributed by atoms with Gasteiger partial charge in [0.05, 0.1) is 29.4 Å². The van der Waals surface area contributed by atoms with E-state index in [9.17, 15) is 4.79 Å². The summed E-state index contributed by atoms with van der Waals surface area (Å²) >= 11 is 3.23. The smallest absolute Gasteiger partial charge is 0.267 e. The van der Waals surface area contributed by atoms with Gasteiger partial charge in [0.2, 0.25) is 0 Å². The molecule has 2 aliphatic heterocycles. The summed E-state index contributed by atoms with van der Waals surface area (Å²) in [5, 5.41) is 0.741. The predicted molar refractivity (Wildman–Crippen MR) is 155 cm³/mol. The lowest BCUT2D eigenvalue weighted by Gasteiger charge is -2.29. The van der Waals surface area contributed by atoms with Gasteiger partial charge in [-0.1, -0.05) is 90.6 Å². The molecule has 1 fully saturated rings. The third-order valence-electron chi connectivity index (χ3n) is 6.40. The molecule has 2 heterocycles. The number of anilines is 2. The molecule has 0 saturated carbocycles. The van der Waals surface area contributed by atoms with E-state index in [4.69, 9.17) is 4.99 Å². The van der Waals surface area contributed by atoms with Gasteiger partial charge in [-0.2, -0.15) is 0 Å². The van der Waals surface area contributed by atoms with Crippen LogP contribution in [0.25, 0.3) is 6.08 Å². The molecule has 4 nitrogen and oxygen atoms in total. The number of carbonyl (C=O) groups is 1. The van der Waals surface area contributed by atoms with Crippen molar-refractivity contribution >= 4 is 52.0 Å². The predicted octanol–water partition coefficient (Wildman–Crippen LogP) is 7.59. The maximum absolute atomic E-state index is 13.6. The molecule has 0 aromatic heterocycles. The topological polar surface area (TPSA) is 35.9 Å². The number of hydrogen-bond acceptors (Lipinski definition) is 5. The first-order valence-corrected chi connectivity index (χ1v) is 13.8. The Balaban J connectivity index is 1.30. The van der Waals surface area contributed by atoms with Gasteiger partial charge in [0, 0.05) is 16.8 Å². The van der Waals surface area contributed by atoms with Gasteiger partial charge in [0.25, 0.3) is 5.91 Å². The van der Waals surface area contributed by atoms with Gasteiger partial charge in [-0.25, -0.2) is 0 Å². The Kier molecular flexibility index (Phi) is 6.60. The number of para-hydroxylation sites is 1. The summed E-state index contributed by atoms with van der Waals surface area (Å²) in [6, 6.07) is 35.1. The number of rotatable bonds is 5. The highest BCUT2D eigenvalue weighted by Crippen LogP contribution is 2.47. The summed E-state index contributed by atoms with van der Waals surface area (Å²) < 4.78 is 0. The molecule has 0 spiro atoms. The average Bonchev–Trinajstić information content (AvgIpc) is 3.22. The SMILES string of the molecule is CN1c2ccccc2Sc2cc(/C=C3/SC(=NCc4ccccc4)N(Cc4ccccc4)C3=O)ccc21. The van der Waals surface area contributed by atoms with Crippen molar-refractivity contribution < 1.29 is 4.79 Å². The molecule has 0 unspecified atom stereocenters. The lowest BCUT2D eigenvalue weighted by atomic mass is 10.1. The van der Waals surface area contributed by atoms with Crippen LogP contribution in [0.2, 0.25) is 0 Å². The minimum Gasteiger partial charge on any atom is -0.343 e. The highest BCUT2D eigenvalue weighted by Gasteiger charge is 2.33. The lowest BCUT2D eigenvalue weighted by Crippen LogP contribution is -2.28. The van der Waals surface area contributed by atoms with E-state index in [0.29, 0.717) is 18.0 Å². The van der Waals surface area contributed by atoms with E-state index in [-0.39, 0.29) is 5.91 Å². The standard InChI is InChI=1S/C31H25N3OS2/c1-33-25-14-8-9-15-27(25)36-28-18-24(16-17-26(28)33)19-29-30(35)34(21-23-12-6-3-7-13-23)31(37-29)32-20-22-10-4-2-5-11-22/h2-19H,20-21H2,1H3/b29-19+,32-31?. The first-order valence-electron chi connectivity index (χ1n) is 12.1. The van der Waals surface area contributed by atoms with Crippen LogP contribution in [0.1, 0.15) is 16.7 Å². The van der Waals surface area contributed by atoms with Crippen molar-refractivity contribution in [2.75, 3.05) is 11.9 Å². The number of amidine groups is 1. The number of carbonyl (C=O) groups excluding carboxylic acids is 1. The first kappa shape index (κ1) is 23.6. The number of aliphatic imine (C=N–C) groups is 1. The quantitative estimate of drug-likeness (QED) is 0.255. The molecule has 6 rings (SSSR count). The van der Waals surface area contributed by atoms with Crippen molar-refractivity contribution in [3.8, 4) is 0 Å². The van der Waals surface area contributed by atoms with E-state index in [1.54, 1.807) is 16.7 Å². The Morgan fingerprint density at radius 1 is 0.757 bits per heavy atom. The highest BCUT2D eigenvalue weighted by atomic mass is 32.2. The second-order valence-corrected chi connectivity index (χ2v) is 11.0. The largest absolute Gasteiger partial charge is 0.343 e. The molecule has 4 aromatic carbocycles. The zero-order chi connectivity index (χ0) is 25.2. The third kappa shape index (κ3) is 4.95. The highest BCUT2D eigenvalue weighted by molar-refractivity contribution is 8.18. The minimum atomic E-state index is -0.00602. The Morgan fingerprint density at radius 2 is 1.43 bits per heavy atom. The van der Waals surface area contributed by atoms with Crippen LogP contribution in [0.5, 0.6) is 0 Å². The van der Waals surface area contributed by atoms with E-state index in [2.05, 4.69) is 66.5 Å². The molecular formula is C31H25N3OS2. The number of benzene rings is 4. The molecule has 182 valence electrons. The fraction of sp³-hybridized carbons (Fsp3) is 0.0968. The minimum absolute atomic E-state index is 0.00602. The van der Waals surface area contributed by atoms with Gasteiger partial charge in [0.1, 0.15) is 0 Å². The molecule has 2 aliphatic rings. The van der Waals surface area contributed by atoms with Crippen LogP contribution in [-0.2, 0) is 17.9 Å². The van der Waals surface area contributed by atoms with Crippen LogP contribution in [-0.4, -0.2) is 23.0 Å². The summed E-state index contributed by atoms with van der Waals surface area (Å²) in [6.07, 6.45) is 2.00. The molecule has 4 aromatic rings. The second-order valence-electron chi connectivity index (χ2n) is 8.93. The monoisotopic (exact) mass is 519 g/mol. The van der Waals surface area contributed by atoms with Gasteiger partial charge >= 0.3 is 0 Å². The van der Waals surface area contributed by atoms with Gasteiger partial charge < -0.3 is 4.90 Å². The van der Waals surface area contributed by atoms with Gasteiger partial charge in [-0.15, -0.1) is 0 Å². The van der Waals surface area contributed by atoms with Crippen LogP contribution < -0.4 is 4.90 Å². The van der Waals surface area contributed by atoms with Crippen molar-refractivity contribution in [2.45, 2.75) is 22.9 Å². The van der Waals surface area contributed by atoms with Crippen LogP contribution >= 0.6 is 23.5 Å². The Hall–Kier alpha value is -3.74. The van der Waals surface area contributed by atoms with Crippen LogP contribution in [0, 0.1) is 0 Å². The fourth-order valence-electron chi connectivity index (χ4n) is 4.47. The molecule has 1 saturated heterocycles. The van der Waals surface area contributed by atoms with Crippen molar-refractivity contribution in [3.63, 3.8) is 0 Å². The van der Waals surface area contributed by atoms with Crippen LogP contribution in [0.3, 0.4) is 0 Å². The van der Waals surface area contributed by atoms with E-state index in [1.807, 2.05) is 54.6 Å². The number of fused-ring (bicyclic) bond motifs is 2. The molecular weight excluding hydrogens is 494 g/mol.